The quantitative estimate of drug-likeness (QED) is 0.118. The lowest BCUT2D eigenvalue weighted by atomic mass is 9.71. The number of amides is 3. The second-order valence-corrected chi connectivity index (χ2v) is 22.8. The number of carbonyl (C=O) groups excluding carboxylic acids is 3. The van der Waals surface area contributed by atoms with E-state index in [1.165, 1.54) is 25.9 Å². The molecule has 2 aromatic heterocycles. The van der Waals surface area contributed by atoms with Crippen LogP contribution in [0, 0.1) is 22.6 Å². The molecule has 2 unspecified atom stereocenters. The monoisotopic (exact) mass is 977 g/mol. The van der Waals surface area contributed by atoms with Crippen LogP contribution in [0.1, 0.15) is 92.6 Å². The fraction of sp³-hybridized carbons (Fsp3) is 0.536. The van der Waals surface area contributed by atoms with E-state index in [1.54, 1.807) is 23.2 Å². The number of nitrogens with zero attached hydrogens (tertiary/aromatic N) is 8. The van der Waals surface area contributed by atoms with E-state index < -0.39 is 11.9 Å². The number of pyridine rings is 1. The molecule has 3 amide bonds. The largest absolute Gasteiger partial charge is 0.508 e. The number of imide groups is 1. The molecule has 8 aliphatic rings. The smallest absolute Gasteiger partial charge is 0.319 e. The summed E-state index contributed by atoms with van der Waals surface area (Å²) in [6, 6.07) is 15.7. The average molecular weight is 977 g/mol. The van der Waals surface area contributed by atoms with Crippen molar-refractivity contribution in [1.82, 2.24) is 40.3 Å². The predicted molar refractivity (Wildman–Crippen MR) is 273 cm³/mol. The number of aryl methyl sites for hydroxylation is 1. The number of aromatic nitrogens is 3. The first-order valence-corrected chi connectivity index (χ1v) is 26.7. The van der Waals surface area contributed by atoms with Crippen molar-refractivity contribution < 1.29 is 28.6 Å². The highest BCUT2D eigenvalue weighted by molar-refractivity contribution is 6.06. The van der Waals surface area contributed by atoms with Crippen molar-refractivity contribution >= 4 is 50.9 Å². The number of hydrogen-bond donors (Lipinski definition) is 3. The molecule has 376 valence electrons. The van der Waals surface area contributed by atoms with Gasteiger partial charge in [-0.25, -0.2) is 4.39 Å². The number of phenols is 1. The Morgan fingerprint density at radius 2 is 1.65 bits per heavy atom. The summed E-state index contributed by atoms with van der Waals surface area (Å²) in [6.07, 6.45) is 12.2. The van der Waals surface area contributed by atoms with Crippen LogP contribution in [0.15, 0.2) is 54.7 Å². The van der Waals surface area contributed by atoms with Crippen molar-refractivity contribution in [3.8, 4) is 23.0 Å². The number of carbonyl (C=O) groups is 3. The molecule has 16 heteroatoms. The second kappa shape index (κ2) is 17.9. The van der Waals surface area contributed by atoms with Gasteiger partial charge >= 0.3 is 6.01 Å². The Morgan fingerprint density at radius 1 is 0.861 bits per heavy atom. The van der Waals surface area contributed by atoms with Crippen molar-refractivity contribution in [2.75, 3.05) is 81.9 Å². The van der Waals surface area contributed by atoms with Crippen LogP contribution < -0.4 is 25.2 Å². The van der Waals surface area contributed by atoms with Gasteiger partial charge in [-0.3, -0.25) is 24.7 Å². The number of likely N-dealkylation sites (tertiary alicyclic amines) is 2. The number of piperazine rings is 1. The van der Waals surface area contributed by atoms with Gasteiger partial charge < -0.3 is 39.7 Å². The number of phenolic OH excluding ortho intramolecular Hbond substituents is 1. The van der Waals surface area contributed by atoms with E-state index in [1.807, 2.05) is 24.3 Å². The third kappa shape index (κ3) is 8.40. The Kier molecular flexibility index (Phi) is 11.4. The topological polar surface area (TPSA) is 160 Å². The maximum atomic E-state index is 17.2. The van der Waals surface area contributed by atoms with Gasteiger partial charge in [0.2, 0.25) is 11.8 Å². The molecular formula is C56H65FN10O5. The summed E-state index contributed by atoms with van der Waals surface area (Å²) < 4.78 is 23.8. The highest BCUT2D eigenvalue weighted by atomic mass is 19.1. The molecule has 1 spiro atoms. The molecule has 7 fully saturated rings. The van der Waals surface area contributed by atoms with Crippen LogP contribution in [0.25, 0.3) is 32.9 Å². The Bertz CT molecular complexity index is 2980. The van der Waals surface area contributed by atoms with Gasteiger partial charge in [-0.2, -0.15) is 9.97 Å². The van der Waals surface area contributed by atoms with Crippen LogP contribution >= 0.6 is 0 Å². The molecule has 3 atom stereocenters. The normalized spacial score (nSPS) is 25.1. The maximum Gasteiger partial charge on any atom is 0.319 e. The van der Waals surface area contributed by atoms with Gasteiger partial charge in [0.25, 0.3) is 5.91 Å². The minimum absolute atomic E-state index is 0.0317. The minimum atomic E-state index is -0.596. The number of piperidine rings is 3. The number of anilines is 2. The highest BCUT2D eigenvalue weighted by Crippen LogP contribution is 2.49. The number of benzene rings is 3. The van der Waals surface area contributed by atoms with Crippen molar-refractivity contribution in [2.45, 2.75) is 102 Å². The molecule has 7 aliphatic heterocycles. The lowest BCUT2D eigenvalue weighted by molar-refractivity contribution is -0.136. The molecule has 6 saturated heterocycles. The zero-order chi connectivity index (χ0) is 48.9. The van der Waals surface area contributed by atoms with E-state index in [0.29, 0.717) is 65.3 Å². The summed E-state index contributed by atoms with van der Waals surface area (Å²) in [4.78, 5) is 63.8. The molecule has 15 nitrogen and oxygen atoms in total. The molecule has 5 aromatic rings. The van der Waals surface area contributed by atoms with E-state index in [4.69, 9.17) is 19.7 Å². The van der Waals surface area contributed by atoms with Gasteiger partial charge in [0.15, 0.2) is 5.82 Å². The van der Waals surface area contributed by atoms with Crippen LogP contribution in [0.5, 0.6) is 11.8 Å². The Hall–Kier alpha value is -5.97. The summed E-state index contributed by atoms with van der Waals surface area (Å²) >= 11 is 0. The SMILES string of the molecule is CCc1cccc2cc(O)cc(-c3ncc4c(N5CC6CCC(C5)N6)nc(OCC5(CN6CCC7(CC6)CN(CC6CCN(c8ccc9c(c8)CN([C@H]8CCC(=O)NC8=O)C9=O)CC6)C7)CC5)nc4c3F)c12. The Balaban J connectivity index is 0.622. The summed E-state index contributed by atoms with van der Waals surface area (Å²) in [7, 11) is 0. The first-order chi connectivity index (χ1) is 35.0. The number of aromatic hydroxyl groups is 1. The molecule has 72 heavy (non-hydrogen) atoms. The standard InChI is InChI=1S/C56H65FN10O5/c1-2-35-4-3-5-36-23-41(68)24-43(47(35)36)49-48(57)50-44(25-58-49)51(66-28-38-6-7-39(29-66)59-38)62-54(61-50)72-33-56(14-15-56)32-63-20-16-55(17-21-63)30-64(31-55)26-34-12-18-65(19-13-34)40-8-9-42-37(22-40)27-67(53(42)71)45-10-11-46(69)60-52(45)70/h3-5,8-9,22-25,34,38-39,45,59,68H,2,6-7,10-21,26-33H2,1H3,(H,60,69,70)/t38?,39?,45-/m0/s1. The first-order valence-electron chi connectivity index (χ1n) is 26.7. The Morgan fingerprint density at radius 3 is 2.40 bits per heavy atom. The number of ether oxygens (including phenoxy) is 1. The zero-order valence-corrected chi connectivity index (χ0v) is 41.3. The summed E-state index contributed by atoms with van der Waals surface area (Å²) in [5.74, 6) is 0.0999. The molecule has 13 rings (SSSR count). The molecule has 3 N–H and O–H groups in total. The van der Waals surface area contributed by atoms with Crippen molar-refractivity contribution in [3.63, 3.8) is 0 Å². The zero-order valence-electron chi connectivity index (χ0n) is 41.3. The van der Waals surface area contributed by atoms with Crippen LogP contribution in [-0.2, 0) is 22.6 Å². The number of rotatable bonds is 12. The third-order valence-corrected chi connectivity index (χ3v) is 17.9. The van der Waals surface area contributed by atoms with E-state index in [-0.39, 0.29) is 52.5 Å². The molecule has 3 aromatic carbocycles. The second-order valence-electron chi connectivity index (χ2n) is 22.8. The summed E-state index contributed by atoms with van der Waals surface area (Å²) in [5.41, 5.74) is 5.17. The minimum Gasteiger partial charge on any atom is -0.508 e. The van der Waals surface area contributed by atoms with Gasteiger partial charge in [0, 0.05) is 106 Å². The summed E-state index contributed by atoms with van der Waals surface area (Å²) in [5, 5.41) is 19.2. The molecule has 2 bridgehead atoms. The van der Waals surface area contributed by atoms with Gasteiger partial charge in [-0.05, 0) is 141 Å². The first kappa shape index (κ1) is 45.9. The van der Waals surface area contributed by atoms with E-state index in [2.05, 4.69) is 49.3 Å². The van der Waals surface area contributed by atoms with Gasteiger partial charge in [-0.15, -0.1) is 0 Å². The fourth-order valence-corrected chi connectivity index (χ4v) is 13.7. The molecule has 9 heterocycles. The molecular weight excluding hydrogens is 912 g/mol. The van der Waals surface area contributed by atoms with Crippen LogP contribution in [0.2, 0.25) is 0 Å². The Labute approximate surface area is 419 Å². The van der Waals surface area contributed by atoms with E-state index in [0.717, 1.165) is 125 Å². The fourth-order valence-electron chi connectivity index (χ4n) is 13.7. The third-order valence-electron chi connectivity index (χ3n) is 17.9. The average Bonchev–Trinajstić information content (AvgIpc) is 3.95. The predicted octanol–water partition coefficient (Wildman–Crippen LogP) is 6.43. The molecule has 1 saturated carbocycles. The van der Waals surface area contributed by atoms with E-state index in [9.17, 15) is 19.5 Å². The van der Waals surface area contributed by atoms with Crippen LogP contribution in [0.3, 0.4) is 0 Å². The highest BCUT2D eigenvalue weighted by Gasteiger charge is 2.49. The van der Waals surface area contributed by atoms with E-state index >= 15 is 4.39 Å². The van der Waals surface area contributed by atoms with Gasteiger partial charge in [0.1, 0.15) is 28.8 Å². The van der Waals surface area contributed by atoms with Crippen molar-refractivity contribution in [1.29, 1.82) is 0 Å². The summed E-state index contributed by atoms with van der Waals surface area (Å²) in [6.45, 7) is 13.2. The lowest BCUT2D eigenvalue weighted by Gasteiger charge is -2.55. The number of nitrogens with one attached hydrogen (secondary N) is 2. The molecule has 1 aliphatic carbocycles. The van der Waals surface area contributed by atoms with Gasteiger partial charge in [0.05, 0.1) is 12.0 Å². The number of fused-ring (bicyclic) bond motifs is 5. The van der Waals surface area contributed by atoms with Crippen LogP contribution in [-0.4, -0.2) is 143 Å². The van der Waals surface area contributed by atoms with Crippen LogP contribution in [0.4, 0.5) is 15.9 Å². The maximum absolute atomic E-state index is 17.2. The number of halogens is 1. The van der Waals surface area contributed by atoms with Gasteiger partial charge in [-0.1, -0.05) is 25.1 Å². The number of hydrogen-bond acceptors (Lipinski definition) is 13. The van der Waals surface area contributed by atoms with Crippen molar-refractivity contribution in [2.24, 2.45) is 16.7 Å². The molecule has 0 radical (unpaired) electrons. The lowest BCUT2D eigenvalue weighted by Crippen LogP contribution is -2.61. The van der Waals surface area contributed by atoms with Crippen molar-refractivity contribution in [3.05, 3.63) is 77.2 Å².